The highest BCUT2D eigenvalue weighted by Gasteiger charge is 2.39. The van der Waals surface area contributed by atoms with Crippen molar-refractivity contribution in [1.82, 2.24) is 8.87 Å². The second-order valence-corrected chi connectivity index (χ2v) is 12.1. The number of aryl methyl sites for hydroxylation is 1. The number of benzene rings is 2. The van der Waals surface area contributed by atoms with E-state index in [2.05, 4.69) is 4.99 Å². The van der Waals surface area contributed by atoms with Crippen molar-refractivity contribution in [3.8, 4) is 11.5 Å². The first kappa shape index (κ1) is 24.3. The number of rotatable bonds is 6. The maximum absolute atomic E-state index is 13.3. The highest BCUT2D eigenvalue weighted by atomic mass is 32.2. The highest BCUT2D eigenvalue weighted by Crippen LogP contribution is 2.36. The lowest BCUT2D eigenvalue weighted by Crippen LogP contribution is -2.40. The van der Waals surface area contributed by atoms with Crippen LogP contribution < -0.4 is 14.3 Å². The summed E-state index contributed by atoms with van der Waals surface area (Å²) in [5.74, 6) is 1.10. The summed E-state index contributed by atoms with van der Waals surface area (Å²) in [7, 11) is -3.96. The number of aromatic nitrogens is 1. The van der Waals surface area contributed by atoms with Gasteiger partial charge in [-0.2, -0.15) is 21.1 Å². The SMILES string of the molecule is CSCCn1c(=NC(=O)C2CCCN2S(=O)(=O)c2ccc(F)cc2)sc2cc3c(cc21)OCCO3. The van der Waals surface area contributed by atoms with E-state index in [1.54, 1.807) is 11.8 Å². The zero-order chi connectivity index (χ0) is 24.6. The third kappa shape index (κ3) is 4.72. The van der Waals surface area contributed by atoms with E-state index in [1.807, 2.05) is 23.0 Å². The molecule has 3 aromatic rings. The third-order valence-corrected chi connectivity index (χ3v) is 9.53. The van der Waals surface area contributed by atoms with Gasteiger partial charge < -0.3 is 14.0 Å². The minimum atomic E-state index is -3.96. The molecule has 2 aliphatic rings. The van der Waals surface area contributed by atoms with E-state index in [-0.39, 0.29) is 11.4 Å². The quantitative estimate of drug-likeness (QED) is 0.480. The van der Waals surface area contributed by atoms with Gasteiger partial charge in [0.15, 0.2) is 16.3 Å². The molecule has 0 N–H and O–H groups in total. The van der Waals surface area contributed by atoms with E-state index in [9.17, 15) is 17.6 Å². The lowest BCUT2D eigenvalue weighted by Gasteiger charge is -2.21. The Kier molecular flexibility index (Phi) is 6.88. The molecule has 1 unspecified atom stereocenters. The number of carbonyl (C=O) groups is 1. The fourth-order valence-electron chi connectivity index (χ4n) is 4.28. The number of halogens is 1. The standard InChI is InChI=1S/C23H24FN3O5S3/c1-33-12-9-26-18-13-19-20(32-11-10-31-19)14-21(18)34-23(26)25-22(28)17-3-2-8-27(17)35(29,30)16-6-4-15(24)5-7-16/h4-7,13-14,17H,2-3,8-12H2,1H3. The molecule has 5 rings (SSSR count). The average Bonchev–Trinajstić information content (AvgIpc) is 3.47. The van der Waals surface area contributed by atoms with E-state index in [0.717, 1.165) is 28.1 Å². The number of nitrogens with zero attached hydrogens (tertiary/aromatic N) is 3. The number of fused-ring (bicyclic) bond motifs is 2. The molecule has 2 aliphatic heterocycles. The van der Waals surface area contributed by atoms with Crippen LogP contribution in [0.1, 0.15) is 12.8 Å². The molecule has 0 radical (unpaired) electrons. The number of sulfonamides is 1. The topological polar surface area (TPSA) is 90.2 Å². The van der Waals surface area contributed by atoms with Gasteiger partial charge in [-0.25, -0.2) is 12.8 Å². The Labute approximate surface area is 210 Å². The molecule has 12 heteroatoms. The smallest absolute Gasteiger partial charge is 0.266 e. The zero-order valence-corrected chi connectivity index (χ0v) is 21.4. The summed E-state index contributed by atoms with van der Waals surface area (Å²) in [6.45, 7) is 1.80. The maximum Gasteiger partial charge on any atom is 0.266 e. The number of thiazole rings is 1. The molecule has 1 atom stereocenters. The summed E-state index contributed by atoms with van der Waals surface area (Å²) < 4.78 is 55.2. The molecule has 186 valence electrons. The van der Waals surface area contributed by atoms with Crippen molar-refractivity contribution in [3.05, 3.63) is 47.0 Å². The second kappa shape index (κ2) is 9.92. The minimum absolute atomic E-state index is 0.0407. The van der Waals surface area contributed by atoms with Crippen molar-refractivity contribution in [2.24, 2.45) is 4.99 Å². The molecule has 0 bridgehead atoms. The van der Waals surface area contributed by atoms with Gasteiger partial charge in [-0.1, -0.05) is 11.3 Å². The van der Waals surface area contributed by atoms with Crippen LogP contribution in [0.5, 0.6) is 11.5 Å². The van der Waals surface area contributed by atoms with Gasteiger partial charge >= 0.3 is 0 Å². The predicted molar refractivity (Wildman–Crippen MR) is 133 cm³/mol. The van der Waals surface area contributed by atoms with Crippen LogP contribution >= 0.6 is 23.1 Å². The molecule has 2 aromatic carbocycles. The van der Waals surface area contributed by atoms with Crippen LogP contribution in [0.4, 0.5) is 4.39 Å². The second-order valence-electron chi connectivity index (χ2n) is 8.17. The van der Waals surface area contributed by atoms with Crippen molar-refractivity contribution in [2.45, 2.75) is 30.3 Å². The molecule has 1 fully saturated rings. The fourth-order valence-corrected chi connectivity index (χ4v) is 7.36. The van der Waals surface area contributed by atoms with Crippen LogP contribution in [-0.4, -0.2) is 61.0 Å². The predicted octanol–water partition coefficient (Wildman–Crippen LogP) is 3.26. The summed E-state index contributed by atoms with van der Waals surface area (Å²) in [5, 5.41) is 0. The van der Waals surface area contributed by atoms with Gasteiger partial charge in [0.1, 0.15) is 25.1 Å². The van der Waals surface area contributed by atoms with E-state index < -0.39 is 27.8 Å². The molecule has 1 aromatic heterocycles. The molecule has 1 saturated heterocycles. The van der Waals surface area contributed by atoms with E-state index >= 15 is 0 Å². The summed E-state index contributed by atoms with van der Waals surface area (Å²) in [4.78, 5) is 18.2. The summed E-state index contributed by atoms with van der Waals surface area (Å²) in [6, 6.07) is 7.54. The Balaban J connectivity index is 1.52. The summed E-state index contributed by atoms with van der Waals surface area (Å²) in [6.07, 6.45) is 2.94. The lowest BCUT2D eigenvalue weighted by molar-refractivity contribution is -0.121. The van der Waals surface area contributed by atoms with Gasteiger partial charge in [-0.3, -0.25) is 4.79 Å². The molecule has 0 saturated carbocycles. The summed E-state index contributed by atoms with van der Waals surface area (Å²) in [5.41, 5.74) is 0.891. The molecular formula is C23H24FN3O5S3. The lowest BCUT2D eigenvalue weighted by atomic mass is 10.2. The zero-order valence-electron chi connectivity index (χ0n) is 19.0. The van der Waals surface area contributed by atoms with Crippen molar-refractivity contribution >= 4 is 49.2 Å². The van der Waals surface area contributed by atoms with Crippen molar-refractivity contribution < 1.29 is 27.1 Å². The Morgan fingerprint density at radius 2 is 1.91 bits per heavy atom. The van der Waals surface area contributed by atoms with Gasteiger partial charge in [0.25, 0.3) is 5.91 Å². The number of hydrogen-bond donors (Lipinski definition) is 0. The molecule has 1 amide bonds. The molecule has 0 aliphatic carbocycles. The first-order chi connectivity index (χ1) is 16.9. The van der Waals surface area contributed by atoms with Gasteiger partial charge in [0.2, 0.25) is 10.0 Å². The van der Waals surface area contributed by atoms with Crippen LogP contribution in [0.2, 0.25) is 0 Å². The Morgan fingerprint density at radius 3 is 2.63 bits per heavy atom. The average molecular weight is 538 g/mol. The molecule has 0 spiro atoms. The monoisotopic (exact) mass is 537 g/mol. The normalized spacial score (nSPS) is 18.9. The van der Waals surface area contributed by atoms with Gasteiger partial charge in [0, 0.05) is 31.0 Å². The van der Waals surface area contributed by atoms with E-state index in [1.165, 1.54) is 27.8 Å². The molecule has 35 heavy (non-hydrogen) atoms. The van der Waals surface area contributed by atoms with Gasteiger partial charge in [-0.15, -0.1) is 0 Å². The maximum atomic E-state index is 13.3. The van der Waals surface area contributed by atoms with Crippen LogP contribution in [-0.2, 0) is 21.4 Å². The number of thioether (sulfide) groups is 1. The van der Waals surface area contributed by atoms with Crippen LogP contribution in [0.15, 0.2) is 46.3 Å². The largest absolute Gasteiger partial charge is 0.486 e. The Hall–Kier alpha value is -2.41. The number of carbonyl (C=O) groups excluding carboxylic acids is 1. The van der Waals surface area contributed by atoms with Crippen molar-refractivity contribution in [3.63, 3.8) is 0 Å². The number of ether oxygens (including phenoxy) is 2. The molecule has 3 heterocycles. The van der Waals surface area contributed by atoms with E-state index in [0.29, 0.717) is 48.9 Å². The fraction of sp³-hybridized carbons (Fsp3) is 0.391. The van der Waals surface area contributed by atoms with Gasteiger partial charge in [0.05, 0.1) is 15.1 Å². The third-order valence-electron chi connectivity index (χ3n) is 5.98. The minimum Gasteiger partial charge on any atom is -0.486 e. The Morgan fingerprint density at radius 1 is 1.20 bits per heavy atom. The number of amides is 1. The first-order valence-corrected chi connectivity index (χ1v) is 14.8. The van der Waals surface area contributed by atoms with Crippen molar-refractivity contribution in [1.29, 1.82) is 0 Å². The molecule has 8 nitrogen and oxygen atoms in total. The van der Waals surface area contributed by atoms with Crippen molar-refractivity contribution in [2.75, 3.05) is 31.8 Å². The highest BCUT2D eigenvalue weighted by molar-refractivity contribution is 7.98. The van der Waals surface area contributed by atoms with Gasteiger partial charge in [-0.05, 0) is 43.4 Å². The summed E-state index contributed by atoms with van der Waals surface area (Å²) >= 11 is 3.04. The number of hydrogen-bond acceptors (Lipinski definition) is 7. The molecular weight excluding hydrogens is 513 g/mol. The first-order valence-electron chi connectivity index (χ1n) is 11.2. The Bertz CT molecular complexity index is 1430. The van der Waals surface area contributed by atoms with E-state index in [4.69, 9.17) is 9.47 Å². The van der Waals surface area contributed by atoms with Crippen LogP contribution in [0.25, 0.3) is 10.2 Å². The van der Waals surface area contributed by atoms with Crippen LogP contribution in [0, 0.1) is 5.82 Å². The van der Waals surface area contributed by atoms with Crippen LogP contribution in [0.3, 0.4) is 0 Å².